The van der Waals surface area contributed by atoms with E-state index in [1.54, 1.807) is 11.8 Å². The Kier molecular flexibility index (Phi) is 3.44. The van der Waals surface area contributed by atoms with Crippen LogP contribution in [0, 0.1) is 0 Å². The summed E-state index contributed by atoms with van der Waals surface area (Å²) in [5.41, 5.74) is 1.77. The number of benzene rings is 2. The van der Waals surface area contributed by atoms with Gasteiger partial charge in [-0.3, -0.25) is 9.89 Å². The molecule has 2 aromatic carbocycles. The van der Waals surface area contributed by atoms with Gasteiger partial charge < -0.3 is 4.74 Å². The van der Waals surface area contributed by atoms with Crippen LogP contribution in [0.1, 0.15) is 12.5 Å². The van der Waals surface area contributed by atoms with E-state index in [-0.39, 0.29) is 12.8 Å². The van der Waals surface area contributed by atoms with Crippen molar-refractivity contribution in [1.29, 1.82) is 0 Å². The van der Waals surface area contributed by atoms with Crippen LogP contribution in [0.2, 0.25) is 0 Å². The zero-order valence-corrected chi connectivity index (χ0v) is 12.6. The maximum atomic E-state index is 12.0. The second-order valence-electron chi connectivity index (χ2n) is 4.42. The minimum absolute atomic E-state index is 0.288. The molecule has 0 unspecified atom stereocenters. The maximum Gasteiger partial charge on any atom is 0.415 e. The van der Waals surface area contributed by atoms with Gasteiger partial charge in [-0.15, -0.1) is 0 Å². The van der Waals surface area contributed by atoms with Crippen molar-refractivity contribution in [3.05, 3.63) is 40.4 Å². The molecular weight excluding hydrogens is 320 g/mol. The Morgan fingerprint density at radius 2 is 2.15 bits per heavy atom. The number of anilines is 1. The van der Waals surface area contributed by atoms with Gasteiger partial charge in [0.1, 0.15) is 6.67 Å². The average molecular weight is 333 g/mol. The second-order valence-corrected chi connectivity index (χ2v) is 5.27. The number of rotatable bonds is 1. The van der Waals surface area contributed by atoms with E-state index in [9.17, 15) is 4.79 Å². The summed E-state index contributed by atoms with van der Waals surface area (Å²) in [5, 5.41) is 2.16. The van der Waals surface area contributed by atoms with Gasteiger partial charge in [-0.05, 0) is 23.8 Å². The van der Waals surface area contributed by atoms with Crippen molar-refractivity contribution in [2.45, 2.75) is 6.92 Å². The van der Waals surface area contributed by atoms with E-state index in [1.165, 1.54) is 0 Å². The molecule has 0 saturated carbocycles. The highest BCUT2D eigenvalue weighted by Gasteiger charge is 2.23. The summed E-state index contributed by atoms with van der Waals surface area (Å²) in [6.45, 7) is 2.43. The SMILES string of the molecule is CCOC(=O)N1CN=Cc2c1cc(Br)c1ccccc21. The number of carbonyl (C=O) groups is 1. The Bertz CT molecular complexity index is 712. The first-order valence-corrected chi connectivity index (χ1v) is 7.17. The lowest BCUT2D eigenvalue weighted by Gasteiger charge is -2.26. The van der Waals surface area contributed by atoms with Crippen LogP contribution in [0.4, 0.5) is 10.5 Å². The van der Waals surface area contributed by atoms with Gasteiger partial charge >= 0.3 is 6.09 Å². The minimum Gasteiger partial charge on any atom is -0.449 e. The fourth-order valence-electron chi connectivity index (χ4n) is 2.35. The van der Waals surface area contributed by atoms with Crippen LogP contribution in [0.3, 0.4) is 0 Å². The number of carbonyl (C=O) groups excluding carboxylic acids is 1. The number of hydrogen-bond acceptors (Lipinski definition) is 3. The quantitative estimate of drug-likeness (QED) is 0.793. The van der Waals surface area contributed by atoms with Crippen LogP contribution in [0.15, 0.2) is 39.8 Å². The van der Waals surface area contributed by atoms with E-state index in [0.717, 1.165) is 26.5 Å². The summed E-state index contributed by atoms with van der Waals surface area (Å²) < 4.78 is 6.04. The zero-order valence-electron chi connectivity index (χ0n) is 11.0. The lowest BCUT2D eigenvalue weighted by atomic mass is 10.0. The third-order valence-corrected chi connectivity index (χ3v) is 3.89. The first kappa shape index (κ1) is 13.1. The molecule has 5 heteroatoms. The third kappa shape index (κ3) is 2.08. The topological polar surface area (TPSA) is 41.9 Å². The number of ether oxygens (including phenoxy) is 1. The predicted molar refractivity (Wildman–Crippen MR) is 83.6 cm³/mol. The van der Waals surface area contributed by atoms with Gasteiger partial charge in [0.05, 0.1) is 12.3 Å². The lowest BCUT2D eigenvalue weighted by Crippen LogP contribution is -2.34. The van der Waals surface area contributed by atoms with Gasteiger partial charge in [-0.2, -0.15) is 0 Å². The van der Waals surface area contributed by atoms with Crippen molar-refractivity contribution in [2.24, 2.45) is 4.99 Å². The van der Waals surface area contributed by atoms with E-state index < -0.39 is 0 Å². The van der Waals surface area contributed by atoms with Crippen LogP contribution in [0.5, 0.6) is 0 Å². The molecule has 0 spiro atoms. The van der Waals surface area contributed by atoms with Crippen LogP contribution >= 0.6 is 15.9 Å². The largest absolute Gasteiger partial charge is 0.449 e. The molecule has 0 saturated heterocycles. The highest BCUT2D eigenvalue weighted by Crippen LogP contribution is 2.35. The smallest absolute Gasteiger partial charge is 0.415 e. The van der Waals surface area contributed by atoms with Crippen LogP contribution in [-0.2, 0) is 4.74 Å². The number of halogens is 1. The summed E-state index contributed by atoms with van der Waals surface area (Å²) in [4.78, 5) is 17.8. The molecule has 0 fully saturated rings. The van der Waals surface area contributed by atoms with Gasteiger partial charge in [0, 0.05) is 16.3 Å². The highest BCUT2D eigenvalue weighted by molar-refractivity contribution is 9.10. The van der Waals surface area contributed by atoms with Crippen molar-refractivity contribution in [2.75, 3.05) is 18.2 Å². The van der Waals surface area contributed by atoms with E-state index in [4.69, 9.17) is 4.74 Å². The van der Waals surface area contributed by atoms with Crippen molar-refractivity contribution in [1.82, 2.24) is 0 Å². The predicted octanol–water partition coefficient (Wildman–Crippen LogP) is 3.96. The van der Waals surface area contributed by atoms with Gasteiger partial charge in [0.2, 0.25) is 0 Å². The molecule has 2 aromatic rings. The highest BCUT2D eigenvalue weighted by atomic mass is 79.9. The second kappa shape index (κ2) is 5.25. The summed E-state index contributed by atoms with van der Waals surface area (Å²) in [5.74, 6) is 0. The number of fused-ring (bicyclic) bond motifs is 3. The monoisotopic (exact) mass is 332 g/mol. The third-order valence-electron chi connectivity index (χ3n) is 3.24. The van der Waals surface area contributed by atoms with E-state index in [0.29, 0.717) is 6.61 Å². The summed E-state index contributed by atoms with van der Waals surface area (Å²) in [7, 11) is 0. The Morgan fingerprint density at radius 3 is 2.90 bits per heavy atom. The standard InChI is InChI=1S/C15H13BrN2O2/c1-2-20-15(19)18-9-17-8-12-10-5-3-4-6-11(10)13(16)7-14(12)18/h3-8H,2,9H2,1H3. The van der Waals surface area contributed by atoms with Crippen LogP contribution in [-0.4, -0.2) is 25.6 Å². The molecule has 102 valence electrons. The Labute approximate surface area is 125 Å². The lowest BCUT2D eigenvalue weighted by molar-refractivity contribution is 0.160. The van der Waals surface area contributed by atoms with E-state index in [1.807, 2.05) is 36.5 Å². The maximum absolute atomic E-state index is 12.0. The first-order chi connectivity index (χ1) is 9.72. The van der Waals surface area contributed by atoms with Gasteiger partial charge in [-0.1, -0.05) is 40.2 Å². The Hall–Kier alpha value is -1.88. The first-order valence-electron chi connectivity index (χ1n) is 6.37. The molecule has 0 bridgehead atoms. The van der Waals surface area contributed by atoms with Crippen molar-refractivity contribution < 1.29 is 9.53 Å². The van der Waals surface area contributed by atoms with E-state index in [2.05, 4.69) is 20.9 Å². The number of hydrogen-bond donors (Lipinski definition) is 0. The Morgan fingerprint density at radius 1 is 1.40 bits per heavy atom. The van der Waals surface area contributed by atoms with Gasteiger partial charge in [0.15, 0.2) is 0 Å². The average Bonchev–Trinajstić information content (AvgIpc) is 2.47. The fourth-order valence-corrected chi connectivity index (χ4v) is 2.91. The van der Waals surface area contributed by atoms with E-state index >= 15 is 0 Å². The molecule has 1 aliphatic rings. The number of amides is 1. The van der Waals surface area contributed by atoms with Crippen LogP contribution < -0.4 is 4.90 Å². The summed E-state index contributed by atoms with van der Waals surface area (Å²) in [6, 6.07) is 9.98. The molecule has 3 rings (SSSR count). The fraction of sp³-hybridized carbons (Fsp3) is 0.200. The zero-order chi connectivity index (χ0) is 14.1. The number of aliphatic imine (C=N–C) groups is 1. The number of nitrogens with zero attached hydrogens (tertiary/aromatic N) is 2. The minimum atomic E-state index is -0.368. The van der Waals surface area contributed by atoms with Crippen molar-refractivity contribution in [3.63, 3.8) is 0 Å². The summed E-state index contributed by atoms with van der Waals surface area (Å²) >= 11 is 3.57. The molecule has 1 amide bonds. The van der Waals surface area contributed by atoms with Gasteiger partial charge in [-0.25, -0.2) is 4.79 Å². The van der Waals surface area contributed by atoms with Crippen molar-refractivity contribution in [3.8, 4) is 0 Å². The molecule has 0 aliphatic carbocycles. The summed E-state index contributed by atoms with van der Waals surface area (Å²) in [6.07, 6.45) is 1.45. The molecule has 20 heavy (non-hydrogen) atoms. The molecule has 0 atom stereocenters. The molecule has 1 heterocycles. The molecule has 0 radical (unpaired) electrons. The normalized spacial score (nSPS) is 13.4. The molecule has 1 aliphatic heterocycles. The van der Waals surface area contributed by atoms with Gasteiger partial charge in [0.25, 0.3) is 0 Å². The van der Waals surface area contributed by atoms with Crippen molar-refractivity contribution >= 4 is 44.7 Å². The molecule has 4 nitrogen and oxygen atoms in total. The van der Waals surface area contributed by atoms with Crippen LogP contribution in [0.25, 0.3) is 10.8 Å². The molecular formula is C15H13BrN2O2. The molecule has 0 aromatic heterocycles. The Balaban J connectivity index is 2.20. The molecule has 0 N–H and O–H groups in total.